The zero-order valence-corrected chi connectivity index (χ0v) is 13.4. The summed E-state index contributed by atoms with van der Waals surface area (Å²) in [6, 6.07) is 8.56. The number of esters is 1. The maximum atomic E-state index is 12.4. The lowest BCUT2D eigenvalue weighted by Crippen LogP contribution is -2.48. The summed E-state index contributed by atoms with van der Waals surface area (Å²) in [6.45, 7) is 2.04. The molecule has 0 atom stereocenters. The Morgan fingerprint density at radius 1 is 1.30 bits per heavy atom. The SMILES string of the molecule is CCCCC1OCC(C#N)(C(=O)Oc2ccc(OC)cc2)CO1. The van der Waals surface area contributed by atoms with E-state index in [2.05, 4.69) is 6.92 Å². The molecular formula is C17H21NO5. The lowest BCUT2D eigenvalue weighted by molar-refractivity contribution is -0.223. The third-order valence-corrected chi connectivity index (χ3v) is 3.70. The zero-order chi connectivity index (χ0) is 16.7. The first-order chi connectivity index (χ1) is 11.1. The van der Waals surface area contributed by atoms with Gasteiger partial charge in [0.2, 0.25) is 5.41 Å². The van der Waals surface area contributed by atoms with Gasteiger partial charge < -0.3 is 18.9 Å². The second-order valence-corrected chi connectivity index (χ2v) is 5.45. The van der Waals surface area contributed by atoms with Crippen molar-refractivity contribution in [1.82, 2.24) is 0 Å². The standard InChI is InChI=1S/C17H21NO5/c1-3-4-5-15-21-11-17(10-18,12-22-15)16(19)23-14-8-6-13(20-2)7-9-14/h6-9,15H,3-5,11-12H2,1-2H3. The van der Waals surface area contributed by atoms with Crippen LogP contribution in [0.5, 0.6) is 11.5 Å². The number of hydrogen-bond donors (Lipinski definition) is 0. The fourth-order valence-corrected chi connectivity index (χ4v) is 2.17. The molecule has 0 aromatic heterocycles. The second kappa shape index (κ2) is 7.95. The summed E-state index contributed by atoms with van der Waals surface area (Å²) in [5.41, 5.74) is -1.43. The smallest absolute Gasteiger partial charge is 0.336 e. The van der Waals surface area contributed by atoms with Gasteiger partial charge in [-0.2, -0.15) is 5.26 Å². The van der Waals surface area contributed by atoms with Crippen LogP contribution in [0.1, 0.15) is 26.2 Å². The molecule has 1 saturated heterocycles. The maximum absolute atomic E-state index is 12.4. The normalized spacial score (nSPS) is 23.8. The van der Waals surface area contributed by atoms with Crippen molar-refractivity contribution in [1.29, 1.82) is 5.26 Å². The van der Waals surface area contributed by atoms with Crippen LogP contribution in [0, 0.1) is 16.7 Å². The van der Waals surface area contributed by atoms with E-state index in [1.165, 1.54) is 0 Å². The van der Waals surface area contributed by atoms with Gasteiger partial charge in [0.25, 0.3) is 0 Å². The van der Waals surface area contributed by atoms with Gasteiger partial charge in [-0.3, -0.25) is 0 Å². The number of carbonyl (C=O) groups is 1. The van der Waals surface area contributed by atoms with E-state index in [4.69, 9.17) is 18.9 Å². The molecule has 1 aromatic rings. The van der Waals surface area contributed by atoms with Gasteiger partial charge in [0.1, 0.15) is 11.5 Å². The number of nitrogens with zero attached hydrogens (tertiary/aromatic N) is 1. The first-order valence-corrected chi connectivity index (χ1v) is 7.64. The predicted molar refractivity (Wildman–Crippen MR) is 81.9 cm³/mol. The van der Waals surface area contributed by atoms with Crippen LogP contribution in [-0.2, 0) is 14.3 Å². The van der Waals surface area contributed by atoms with Crippen LogP contribution in [0.2, 0.25) is 0 Å². The summed E-state index contributed by atoms with van der Waals surface area (Å²) in [4.78, 5) is 12.4. The third kappa shape index (κ3) is 4.21. The maximum Gasteiger partial charge on any atom is 0.336 e. The Balaban J connectivity index is 1.97. The van der Waals surface area contributed by atoms with Crippen molar-refractivity contribution in [3.63, 3.8) is 0 Å². The van der Waals surface area contributed by atoms with Gasteiger partial charge >= 0.3 is 5.97 Å². The predicted octanol–water partition coefficient (Wildman–Crippen LogP) is 2.67. The van der Waals surface area contributed by atoms with Crippen molar-refractivity contribution in [3.05, 3.63) is 24.3 Å². The molecule has 0 spiro atoms. The molecule has 6 heteroatoms. The molecule has 1 heterocycles. The molecule has 1 aliphatic rings. The van der Waals surface area contributed by atoms with Gasteiger partial charge in [0.05, 0.1) is 26.4 Å². The van der Waals surface area contributed by atoms with Gasteiger partial charge in [-0.1, -0.05) is 13.3 Å². The largest absolute Gasteiger partial charge is 0.497 e. The number of benzene rings is 1. The monoisotopic (exact) mass is 319 g/mol. The van der Waals surface area contributed by atoms with E-state index in [-0.39, 0.29) is 19.5 Å². The van der Waals surface area contributed by atoms with Crippen LogP contribution < -0.4 is 9.47 Å². The second-order valence-electron chi connectivity index (χ2n) is 5.45. The minimum absolute atomic E-state index is 0.0210. The fourth-order valence-electron chi connectivity index (χ4n) is 2.17. The molecule has 23 heavy (non-hydrogen) atoms. The topological polar surface area (TPSA) is 77.8 Å². The van der Waals surface area contributed by atoms with E-state index in [9.17, 15) is 10.1 Å². The molecule has 0 bridgehead atoms. The van der Waals surface area contributed by atoms with Gasteiger partial charge in [0, 0.05) is 0 Å². The van der Waals surface area contributed by atoms with Crippen LogP contribution in [0.3, 0.4) is 0 Å². The number of methoxy groups -OCH3 is 1. The van der Waals surface area contributed by atoms with E-state index in [0.29, 0.717) is 11.5 Å². The molecule has 1 aromatic carbocycles. The fraction of sp³-hybridized carbons (Fsp3) is 0.529. The van der Waals surface area contributed by atoms with Gasteiger partial charge in [-0.05, 0) is 37.1 Å². The Kier molecular flexibility index (Phi) is 5.97. The Morgan fingerprint density at radius 3 is 2.43 bits per heavy atom. The Labute approximate surface area is 135 Å². The first-order valence-electron chi connectivity index (χ1n) is 7.64. The minimum Gasteiger partial charge on any atom is -0.497 e. The van der Waals surface area contributed by atoms with Crippen molar-refractivity contribution in [2.24, 2.45) is 5.41 Å². The average Bonchev–Trinajstić information content (AvgIpc) is 2.61. The molecule has 0 N–H and O–H groups in total. The number of nitriles is 1. The lowest BCUT2D eigenvalue weighted by Gasteiger charge is -2.33. The summed E-state index contributed by atoms with van der Waals surface area (Å²) >= 11 is 0. The highest BCUT2D eigenvalue weighted by Gasteiger charge is 2.46. The average molecular weight is 319 g/mol. The summed E-state index contributed by atoms with van der Waals surface area (Å²) in [5, 5.41) is 9.40. The summed E-state index contributed by atoms with van der Waals surface area (Å²) in [7, 11) is 1.55. The molecule has 1 aliphatic heterocycles. The Morgan fingerprint density at radius 2 is 1.91 bits per heavy atom. The van der Waals surface area contributed by atoms with Crippen molar-refractivity contribution in [2.75, 3.05) is 20.3 Å². The zero-order valence-electron chi connectivity index (χ0n) is 13.4. The summed E-state index contributed by atoms with van der Waals surface area (Å²) < 4.78 is 21.4. The number of rotatable bonds is 6. The minimum atomic E-state index is -1.43. The van der Waals surface area contributed by atoms with Crippen molar-refractivity contribution in [2.45, 2.75) is 32.5 Å². The molecule has 0 radical (unpaired) electrons. The Hall–Kier alpha value is -2.10. The molecule has 2 rings (SSSR count). The highest BCUT2D eigenvalue weighted by atomic mass is 16.7. The molecule has 0 saturated carbocycles. The molecule has 1 fully saturated rings. The van der Waals surface area contributed by atoms with Crippen LogP contribution >= 0.6 is 0 Å². The third-order valence-electron chi connectivity index (χ3n) is 3.70. The van der Waals surface area contributed by atoms with Gasteiger partial charge in [0.15, 0.2) is 6.29 Å². The van der Waals surface area contributed by atoms with Crippen molar-refractivity contribution >= 4 is 5.97 Å². The van der Waals surface area contributed by atoms with Crippen LogP contribution in [0.4, 0.5) is 0 Å². The van der Waals surface area contributed by atoms with E-state index < -0.39 is 11.4 Å². The molecule has 6 nitrogen and oxygen atoms in total. The van der Waals surface area contributed by atoms with E-state index >= 15 is 0 Å². The van der Waals surface area contributed by atoms with Crippen molar-refractivity contribution < 1.29 is 23.7 Å². The highest BCUT2D eigenvalue weighted by Crippen LogP contribution is 2.29. The Bertz CT molecular complexity index is 555. The summed E-state index contributed by atoms with van der Waals surface area (Å²) in [6.07, 6.45) is 2.41. The van der Waals surface area contributed by atoms with Crippen LogP contribution in [-0.4, -0.2) is 32.6 Å². The number of carbonyl (C=O) groups excluding carboxylic acids is 1. The number of unbranched alkanes of at least 4 members (excludes halogenated alkanes) is 1. The summed E-state index contributed by atoms with van der Waals surface area (Å²) in [5.74, 6) is 0.334. The van der Waals surface area contributed by atoms with E-state index in [0.717, 1.165) is 19.3 Å². The van der Waals surface area contributed by atoms with E-state index in [1.54, 1.807) is 31.4 Å². The molecule has 0 amide bonds. The number of ether oxygens (including phenoxy) is 4. The molecule has 124 valence electrons. The quantitative estimate of drug-likeness (QED) is 0.592. The molecular weight excluding hydrogens is 298 g/mol. The van der Waals surface area contributed by atoms with Crippen molar-refractivity contribution in [3.8, 4) is 17.6 Å². The first kappa shape index (κ1) is 17.3. The van der Waals surface area contributed by atoms with Crippen LogP contribution in [0.25, 0.3) is 0 Å². The highest BCUT2D eigenvalue weighted by molar-refractivity contribution is 5.82. The molecule has 0 unspecified atom stereocenters. The van der Waals surface area contributed by atoms with Gasteiger partial charge in [-0.25, -0.2) is 4.79 Å². The molecule has 0 aliphatic carbocycles. The lowest BCUT2D eigenvalue weighted by atomic mass is 9.91. The van der Waals surface area contributed by atoms with Crippen LogP contribution in [0.15, 0.2) is 24.3 Å². The van der Waals surface area contributed by atoms with E-state index in [1.807, 2.05) is 6.07 Å². The number of hydrogen-bond acceptors (Lipinski definition) is 6. The van der Waals surface area contributed by atoms with Gasteiger partial charge in [-0.15, -0.1) is 0 Å².